The Morgan fingerprint density at radius 2 is 1.90 bits per heavy atom. The van der Waals surface area contributed by atoms with E-state index in [1.54, 1.807) is 0 Å². The number of hydrogen-bond donors (Lipinski definition) is 2. The number of rotatable bonds is 6. The third-order valence-corrected chi connectivity index (χ3v) is 2.73. The number of hydrogen-bond acceptors (Lipinski definition) is 4. The fraction of sp³-hybridized carbons (Fsp3) is 0.286. The zero-order chi connectivity index (χ0) is 15.2. The highest BCUT2D eigenvalue weighted by Crippen LogP contribution is 2.15. The molecule has 2 rings (SSSR count). The standard InChI is InChI=1S/C14H15F3N4/c1-2-5-18-14-20-8-12(17)13(21-14)19-7-9-6-10(15)3-4-11(9)16/h3-4,6,8H,2,5,7H2,1H3,(H2,18,19,20,21). The van der Waals surface area contributed by atoms with Crippen molar-refractivity contribution in [3.63, 3.8) is 0 Å². The van der Waals surface area contributed by atoms with Gasteiger partial charge < -0.3 is 10.6 Å². The minimum atomic E-state index is -0.658. The Bertz CT molecular complexity index is 619. The lowest BCUT2D eigenvalue weighted by atomic mass is 10.2. The van der Waals surface area contributed by atoms with E-state index in [9.17, 15) is 13.2 Å². The molecule has 112 valence electrons. The lowest BCUT2D eigenvalue weighted by Crippen LogP contribution is -2.10. The van der Waals surface area contributed by atoms with Gasteiger partial charge in [0.1, 0.15) is 11.6 Å². The molecule has 0 aliphatic heterocycles. The van der Waals surface area contributed by atoms with Crippen molar-refractivity contribution >= 4 is 11.8 Å². The molecule has 0 fully saturated rings. The van der Waals surface area contributed by atoms with Gasteiger partial charge in [0.2, 0.25) is 5.95 Å². The zero-order valence-corrected chi connectivity index (χ0v) is 11.5. The van der Waals surface area contributed by atoms with Gasteiger partial charge in [0.25, 0.3) is 0 Å². The molecule has 0 spiro atoms. The molecule has 0 bridgehead atoms. The van der Waals surface area contributed by atoms with Crippen LogP contribution >= 0.6 is 0 Å². The van der Waals surface area contributed by atoms with Gasteiger partial charge in [0.05, 0.1) is 6.20 Å². The Labute approximate surface area is 120 Å². The van der Waals surface area contributed by atoms with Crippen molar-refractivity contribution < 1.29 is 13.2 Å². The maximum Gasteiger partial charge on any atom is 0.224 e. The van der Waals surface area contributed by atoms with Crippen molar-refractivity contribution in [2.45, 2.75) is 19.9 Å². The molecule has 2 N–H and O–H groups in total. The van der Waals surface area contributed by atoms with Gasteiger partial charge in [-0.3, -0.25) is 0 Å². The van der Waals surface area contributed by atoms with Crippen molar-refractivity contribution in [3.05, 3.63) is 47.4 Å². The third-order valence-electron chi connectivity index (χ3n) is 2.73. The molecule has 1 heterocycles. The molecule has 0 atom stereocenters. The minimum Gasteiger partial charge on any atom is -0.363 e. The fourth-order valence-corrected chi connectivity index (χ4v) is 1.67. The number of halogens is 3. The van der Waals surface area contributed by atoms with Crippen LogP contribution in [0.3, 0.4) is 0 Å². The first-order chi connectivity index (χ1) is 10.1. The molecular weight excluding hydrogens is 281 g/mol. The van der Waals surface area contributed by atoms with Crippen molar-refractivity contribution in [3.8, 4) is 0 Å². The Hall–Kier alpha value is -2.31. The number of nitrogens with one attached hydrogen (secondary N) is 2. The van der Waals surface area contributed by atoms with Crippen LogP contribution in [0, 0.1) is 17.5 Å². The zero-order valence-electron chi connectivity index (χ0n) is 11.5. The van der Waals surface area contributed by atoms with E-state index < -0.39 is 17.5 Å². The van der Waals surface area contributed by atoms with E-state index in [2.05, 4.69) is 20.6 Å². The Morgan fingerprint density at radius 3 is 2.67 bits per heavy atom. The van der Waals surface area contributed by atoms with Crippen LogP contribution in [0.4, 0.5) is 24.9 Å². The van der Waals surface area contributed by atoms with E-state index in [1.807, 2.05) is 6.92 Å². The van der Waals surface area contributed by atoms with Crippen LogP contribution in [-0.4, -0.2) is 16.5 Å². The number of nitrogens with zero attached hydrogens (tertiary/aromatic N) is 2. The molecule has 0 aliphatic carbocycles. The molecule has 0 saturated heterocycles. The second-order valence-corrected chi connectivity index (χ2v) is 4.41. The van der Waals surface area contributed by atoms with Crippen molar-refractivity contribution in [2.24, 2.45) is 0 Å². The van der Waals surface area contributed by atoms with Crippen LogP contribution in [0.5, 0.6) is 0 Å². The monoisotopic (exact) mass is 296 g/mol. The van der Waals surface area contributed by atoms with Crippen molar-refractivity contribution in [2.75, 3.05) is 17.2 Å². The molecular formula is C14H15F3N4. The Balaban J connectivity index is 2.10. The maximum atomic E-state index is 13.6. The predicted molar refractivity (Wildman–Crippen MR) is 74.5 cm³/mol. The molecule has 2 aromatic rings. The fourth-order valence-electron chi connectivity index (χ4n) is 1.67. The lowest BCUT2D eigenvalue weighted by Gasteiger charge is -2.09. The van der Waals surface area contributed by atoms with Crippen molar-refractivity contribution in [1.29, 1.82) is 0 Å². The van der Waals surface area contributed by atoms with Gasteiger partial charge in [0.15, 0.2) is 11.6 Å². The van der Waals surface area contributed by atoms with Crippen LogP contribution in [0.25, 0.3) is 0 Å². The Morgan fingerprint density at radius 1 is 1.10 bits per heavy atom. The quantitative estimate of drug-likeness (QED) is 0.858. The summed E-state index contributed by atoms with van der Waals surface area (Å²) in [6, 6.07) is 3.10. The van der Waals surface area contributed by atoms with E-state index in [-0.39, 0.29) is 23.9 Å². The predicted octanol–water partition coefficient (Wildman–Crippen LogP) is 3.33. The lowest BCUT2D eigenvalue weighted by molar-refractivity contribution is 0.586. The summed E-state index contributed by atoms with van der Waals surface area (Å²) < 4.78 is 40.1. The third kappa shape index (κ3) is 4.08. The van der Waals surface area contributed by atoms with Gasteiger partial charge in [0, 0.05) is 18.7 Å². The van der Waals surface area contributed by atoms with E-state index in [0.29, 0.717) is 6.54 Å². The SMILES string of the molecule is CCCNc1ncc(F)c(NCc2cc(F)ccc2F)n1. The van der Waals surface area contributed by atoms with Gasteiger partial charge in [-0.15, -0.1) is 0 Å². The van der Waals surface area contributed by atoms with Crippen LogP contribution in [0.1, 0.15) is 18.9 Å². The normalized spacial score (nSPS) is 10.5. The molecule has 0 amide bonds. The number of aromatic nitrogens is 2. The second kappa shape index (κ2) is 6.92. The summed E-state index contributed by atoms with van der Waals surface area (Å²) in [5.41, 5.74) is 0.0936. The average Bonchev–Trinajstić information content (AvgIpc) is 2.48. The summed E-state index contributed by atoms with van der Waals surface area (Å²) in [6.07, 6.45) is 1.90. The Kier molecular flexibility index (Phi) is 4.97. The highest BCUT2D eigenvalue weighted by molar-refractivity contribution is 5.41. The van der Waals surface area contributed by atoms with Gasteiger partial charge >= 0.3 is 0 Å². The van der Waals surface area contributed by atoms with Crippen LogP contribution in [-0.2, 0) is 6.54 Å². The molecule has 7 heteroatoms. The molecule has 1 aromatic heterocycles. The average molecular weight is 296 g/mol. The molecule has 0 saturated carbocycles. The summed E-state index contributed by atoms with van der Waals surface area (Å²) in [4.78, 5) is 7.74. The van der Waals surface area contributed by atoms with Gasteiger partial charge in [-0.25, -0.2) is 18.2 Å². The summed E-state index contributed by atoms with van der Waals surface area (Å²) in [5, 5.41) is 5.56. The highest BCUT2D eigenvalue weighted by atomic mass is 19.1. The first-order valence-electron chi connectivity index (χ1n) is 6.54. The number of anilines is 2. The van der Waals surface area contributed by atoms with E-state index in [4.69, 9.17) is 0 Å². The van der Waals surface area contributed by atoms with Crippen LogP contribution < -0.4 is 10.6 Å². The first kappa shape index (κ1) is 15.1. The topological polar surface area (TPSA) is 49.8 Å². The molecule has 0 aliphatic rings. The molecule has 1 aromatic carbocycles. The second-order valence-electron chi connectivity index (χ2n) is 4.41. The summed E-state index contributed by atoms with van der Waals surface area (Å²) in [6.45, 7) is 2.55. The molecule has 0 unspecified atom stereocenters. The number of benzene rings is 1. The van der Waals surface area contributed by atoms with E-state index in [1.165, 1.54) is 0 Å². The maximum absolute atomic E-state index is 13.6. The minimum absolute atomic E-state index is 0.0627. The summed E-state index contributed by atoms with van der Waals surface area (Å²) >= 11 is 0. The smallest absolute Gasteiger partial charge is 0.224 e. The largest absolute Gasteiger partial charge is 0.363 e. The van der Waals surface area contributed by atoms with E-state index in [0.717, 1.165) is 30.8 Å². The van der Waals surface area contributed by atoms with Gasteiger partial charge in [-0.2, -0.15) is 4.98 Å². The van der Waals surface area contributed by atoms with Crippen LogP contribution in [0.15, 0.2) is 24.4 Å². The molecule has 21 heavy (non-hydrogen) atoms. The van der Waals surface area contributed by atoms with Gasteiger partial charge in [-0.05, 0) is 24.6 Å². The van der Waals surface area contributed by atoms with Crippen LogP contribution in [0.2, 0.25) is 0 Å². The molecule has 4 nitrogen and oxygen atoms in total. The first-order valence-corrected chi connectivity index (χ1v) is 6.54. The summed E-state index contributed by atoms with van der Waals surface area (Å²) in [7, 11) is 0. The highest BCUT2D eigenvalue weighted by Gasteiger charge is 2.09. The van der Waals surface area contributed by atoms with Crippen molar-refractivity contribution in [1.82, 2.24) is 9.97 Å². The molecule has 0 radical (unpaired) electrons. The van der Waals surface area contributed by atoms with Gasteiger partial charge in [-0.1, -0.05) is 6.92 Å². The van der Waals surface area contributed by atoms with E-state index >= 15 is 0 Å². The summed E-state index contributed by atoms with van der Waals surface area (Å²) in [5.74, 6) is -1.56.